The van der Waals surface area contributed by atoms with Crippen molar-refractivity contribution in [3.63, 3.8) is 0 Å². The first-order valence-electron chi connectivity index (χ1n) is 5.19. The average Bonchev–Trinajstić information content (AvgIpc) is 2.66. The smallest absolute Gasteiger partial charge is 0.302 e. The van der Waals surface area contributed by atoms with E-state index in [2.05, 4.69) is 0 Å². The van der Waals surface area contributed by atoms with Gasteiger partial charge in [-0.05, 0) is 17.7 Å². The summed E-state index contributed by atoms with van der Waals surface area (Å²) in [7, 11) is 0. The monoisotopic (exact) mass is 224 g/mol. The number of ether oxygens (including phenoxy) is 2. The normalized spacial score (nSPS) is 24.4. The Morgan fingerprint density at radius 1 is 1.44 bits per heavy atom. The molecule has 0 amide bonds. The molecule has 4 heteroatoms. The highest BCUT2D eigenvalue weighted by atomic mass is 19.1. The summed E-state index contributed by atoms with van der Waals surface area (Å²) in [6.07, 6.45) is 0.336. The molecule has 1 aromatic carbocycles. The zero-order valence-corrected chi connectivity index (χ0v) is 8.98. The summed E-state index contributed by atoms with van der Waals surface area (Å²) in [5.41, 5.74) is 0.913. The van der Waals surface area contributed by atoms with Gasteiger partial charge < -0.3 is 9.47 Å². The Labute approximate surface area is 93.2 Å². The SMILES string of the molecule is CC(=O)OC1COC(c2ccc(F)cc2)C1. The van der Waals surface area contributed by atoms with Gasteiger partial charge in [-0.15, -0.1) is 0 Å². The molecule has 0 saturated carbocycles. The van der Waals surface area contributed by atoms with Gasteiger partial charge >= 0.3 is 5.97 Å². The van der Waals surface area contributed by atoms with Crippen molar-refractivity contribution in [3.8, 4) is 0 Å². The summed E-state index contributed by atoms with van der Waals surface area (Å²) < 4.78 is 23.3. The number of esters is 1. The van der Waals surface area contributed by atoms with Crippen LogP contribution in [-0.4, -0.2) is 18.7 Å². The van der Waals surface area contributed by atoms with Crippen LogP contribution in [0.4, 0.5) is 4.39 Å². The Bertz CT molecular complexity index is 374. The van der Waals surface area contributed by atoms with Crippen molar-refractivity contribution in [2.24, 2.45) is 0 Å². The highest BCUT2D eigenvalue weighted by Gasteiger charge is 2.28. The Hall–Kier alpha value is -1.42. The van der Waals surface area contributed by atoms with E-state index in [0.29, 0.717) is 13.0 Å². The second-order valence-corrected chi connectivity index (χ2v) is 3.84. The van der Waals surface area contributed by atoms with Crippen LogP contribution in [0.3, 0.4) is 0 Å². The maximum Gasteiger partial charge on any atom is 0.302 e. The van der Waals surface area contributed by atoms with Crippen LogP contribution >= 0.6 is 0 Å². The molecule has 1 fully saturated rings. The molecular formula is C12H13FO3. The van der Waals surface area contributed by atoms with Crippen molar-refractivity contribution in [2.75, 3.05) is 6.61 Å². The fourth-order valence-corrected chi connectivity index (χ4v) is 1.82. The second-order valence-electron chi connectivity index (χ2n) is 3.84. The van der Waals surface area contributed by atoms with Gasteiger partial charge in [0.05, 0.1) is 12.7 Å². The fraction of sp³-hybridized carbons (Fsp3) is 0.417. The Balaban J connectivity index is 1.98. The third kappa shape index (κ3) is 2.58. The highest BCUT2D eigenvalue weighted by molar-refractivity contribution is 5.66. The van der Waals surface area contributed by atoms with E-state index < -0.39 is 0 Å². The van der Waals surface area contributed by atoms with Crippen LogP contribution in [0.25, 0.3) is 0 Å². The summed E-state index contributed by atoms with van der Waals surface area (Å²) >= 11 is 0. The van der Waals surface area contributed by atoms with Crippen LogP contribution in [0.1, 0.15) is 25.0 Å². The molecule has 16 heavy (non-hydrogen) atoms. The molecule has 1 heterocycles. The summed E-state index contributed by atoms with van der Waals surface area (Å²) in [6.45, 7) is 1.78. The van der Waals surface area contributed by atoms with E-state index in [4.69, 9.17) is 9.47 Å². The number of rotatable bonds is 2. The van der Waals surface area contributed by atoms with Gasteiger partial charge in [0, 0.05) is 13.3 Å². The number of halogens is 1. The fourth-order valence-electron chi connectivity index (χ4n) is 1.82. The molecular weight excluding hydrogens is 211 g/mol. The lowest BCUT2D eigenvalue weighted by Gasteiger charge is -2.09. The maximum absolute atomic E-state index is 12.7. The molecule has 2 atom stereocenters. The van der Waals surface area contributed by atoms with Gasteiger partial charge in [-0.3, -0.25) is 4.79 Å². The van der Waals surface area contributed by atoms with Gasteiger partial charge in [-0.2, -0.15) is 0 Å². The number of benzene rings is 1. The summed E-state index contributed by atoms with van der Waals surface area (Å²) in [5, 5.41) is 0. The molecule has 0 bridgehead atoms. The molecule has 86 valence electrons. The van der Waals surface area contributed by atoms with E-state index in [1.807, 2.05) is 0 Å². The van der Waals surface area contributed by atoms with Gasteiger partial charge in [0.1, 0.15) is 11.9 Å². The summed E-state index contributed by atoms with van der Waals surface area (Å²) in [4.78, 5) is 10.8. The summed E-state index contributed by atoms with van der Waals surface area (Å²) in [5.74, 6) is -0.563. The number of hydrogen-bond donors (Lipinski definition) is 0. The van der Waals surface area contributed by atoms with E-state index in [9.17, 15) is 9.18 Å². The predicted molar refractivity (Wildman–Crippen MR) is 55.3 cm³/mol. The lowest BCUT2D eigenvalue weighted by molar-refractivity contribution is -0.146. The van der Waals surface area contributed by atoms with Gasteiger partial charge in [-0.1, -0.05) is 12.1 Å². The first-order valence-corrected chi connectivity index (χ1v) is 5.19. The standard InChI is InChI=1S/C12H13FO3/c1-8(14)16-11-6-12(15-7-11)9-2-4-10(13)5-3-9/h2-5,11-12H,6-7H2,1H3. The molecule has 1 aliphatic rings. The van der Waals surface area contributed by atoms with Crippen molar-refractivity contribution < 1.29 is 18.7 Å². The number of hydrogen-bond acceptors (Lipinski definition) is 3. The quantitative estimate of drug-likeness (QED) is 0.722. The lowest BCUT2D eigenvalue weighted by Crippen LogP contribution is -2.15. The molecule has 1 aromatic rings. The minimum atomic E-state index is -0.298. The van der Waals surface area contributed by atoms with Gasteiger partial charge in [-0.25, -0.2) is 4.39 Å². The van der Waals surface area contributed by atoms with E-state index in [1.54, 1.807) is 12.1 Å². The van der Waals surface area contributed by atoms with Crippen LogP contribution in [0, 0.1) is 5.82 Å². The first kappa shape index (κ1) is 11.1. The van der Waals surface area contributed by atoms with E-state index in [0.717, 1.165) is 5.56 Å². The maximum atomic E-state index is 12.7. The molecule has 1 aliphatic heterocycles. The van der Waals surface area contributed by atoms with Crippen molar-refractivity contribution >= 4 is 5.97 Å². The topological polar surface area (TPSA) is 35.5 Å². The molecule has 2 unspecified atom stereocenters. The Kier molecular flexibility index (Phi) is 3.19. The predicted octanol–water partition coefficient (Wildman–Crippen LogP) is 2.22. The minimum absolute atomic E-state index is 0.107. The number of carbonyl (C=O) groups is 1. The van der Waals surface area contributed by atoms with Crippen LogP contribution < -0.4 is 0 Å². The van der Waals surface area contributed by atoms with Crippen molar-refractivity contribution in [3.05, 3.63) is 35.6 Å². The Morgan fingerprint density at radius 2 is 2.12 bits per heavy atom. The highest BCUT2D eigenvalue weighted by Crippen LogP contribution is 2.30. The summed E-state index contributed by atoms with van der Waals surface area (Å²) in [6, 6.07) is 6.18. The number of carbonyl (C=O) groups excluding carboxylic acids is 1. The molecule has 0 spiro atoms. The third-order valence-corrected chi connectivity index (χ3v) is 2.53. The molecule has 0 N–H and O–H groups in total. The zero-order valence-electron chi connectivity index (χ0n) is 8.98. The molecule has 3 nitrogen and oxygen atoms in total. The lowest BCUT2D eigenvalue weighted by atomic mass is 10.1. The first-order chi connectivity index (χ1) is 7.65. The molecule has 0 aromatic heterocycles. The van der Waals surface area contributed by atoms with Crippen LogP contribution in [0.15, 0.2) is 24.3 Å². The van der Waals surface area contributed by atoms with E-state index >= 15 is 0 Å². The largest absolute Gasteiger partial charge is 0.460 e. The second kappa shape index (κ2) is 4.61. The Morgan fingerprint density at radius 3 is 2.75 bits per heavy atom. The minimum Gasteiger partial charge on any atom is -0.460 e. The van der Waals surface area contributed by atoms with Gasteiger partial charge in [0.25, 0.3) is 0 Å². The zero-order chi connectivity index (χ0) is 11.5. The van der Waals surface area contributed by atoms with E-state index in [1.165, 1.54) is 19.1 Å². The van der Waals surface area contributed by atoms with Crippen LogP contribution in [0.2, 0.25) is 0 Å². The molecule has 0 radical (unpaired) electrons. The van der Waals surface area contributed by atoms with Crippen molar-refractivity contribution in [2.45, 2.75) is 25.6 Å². The molecule has 1 saturated heterocycles. The molecule has 2 rings (SSSR count). The van der Waals surface area contributed by atoms with Gasteiger partial charge in [0.2, 0.25) is 0 Å². The van der Waals surface area contributed by atoms with E-state index in [-0.39, 0.29) is 24.0 Å². The van der Waals surface area contributed by atoms with Crippen LogP contribution in [0.5, 0.6) is 0 Å². The van der Waals surface area contributed by atoms with Gasteiger partial charge in [0.15, 0.2) is 0 Å². The van der Waals surface area contributed by atoms with Crippen LogP contribution in [-0.2, 0) is 14.3 Å². The van der Waals surface area contributed by atoms with Crippen molar-refractivity contribution in [1.82, 2.24) is 0 Å². The van der Waals surface area contributed by atoms with Crippen molar-refractivity contribution in [1.29, 1.82) is 0 Å². The molecule has 0 aliphatic carbocycles. The average molecular weight is 224 g/mol. The third-order valence-electron chi connectivity index (χ3n) is 2.53.